The maximum atomic E-state index is 12.5. The molecule has 0 aliphatic carbocycles. The summed E-state index contributed by atoms with van der Waals surface area (Å²) in [7, 11) is -3.56. The summed E-state index contributed by atoms with van der Waals surface area (Å²) in [6.45, 7) is 2.88. The Morgan fingerprint density at radius 1 is 1.20 bits per heavy atom. The Bertz CT molecular complexity index is 696. The van der Waals surface area contributed by atoms with Crippen molar-refractivity contribution in [2.24, 2.45) is 0 Å². The summed E-state index contributed by atoms with van der Waals surface area (Å²) >= 11 is 0. The lowest BCUT2D eigenvalue weighted by molar-refractivity contribution is -0.147. The number of amides is 1. The largest absolute Gasteiger partial charge is 0.456 e. The SMILES string of the molecule is CCCC(=O)OCC(=O)Nc1ccc(S(=O)(=O)N2CCOCC2)cc1. The standard InChI is InChI=1S/C16H22N2O6S/c1-2-3-16(20)24-12-15(19)17-13-4-6-14(7-5-13)25(21,22)18-8-10-23-11-9-18/h4-7H,2-3,8-12H2,1H3,(H,17,19). The highest BCUT2D eigenvalue weighted by Gasteiger charge is 2.26. The van der Waals surface area contributed by atoms with Crippen molar-refractivity contribution >= 4 is 27.6 Å². The van der Waals surface area contributed by atoms with E-state index < -0.39 is 21.9 Å². The van der Waals surface area contributed by atoms with Crippen LogP contribution in [0.25, 0.3) is 0 Å². The highest BCUT2D eigenvalue weighted by Crippen LogP contribution is 2.19. The summed E-state index contributed by atoms with van der Waals surface area (Å²) in [5.74, 6) is -0.905. The number of anilines is 1. The first-order valence-electron chi connectivity index (χ1n) is 8.07. The molecule has 1 amide bonds. The molecule has 0 bridgehead atoms. The summed E-state index contributed by atoms with van der Waals surface area (Å²) in [6, 6.07) is 5.87. The van der Waals surface area contributed by atoms with Crippen LogP contribution in [0, 0.1) is 0 Å². The van der Waals surface area contributed by atoms with Gasteiger partial charge in [0.15, 0.2) is 6.61 Å². The molecule has 2 rings (SSSR count). The number of benzene rings is 1. The third-order valence-corrected chi connectivity index (χ3v) is 5.48. The van der Waals surface area contributed by atoms with Crippen LogP contribution in [0.5, 0.6) is 0 Å². The van der Waals surface area contributed by atoms with Crippen LogP contribution in [0.1, 0.15) is 19.8 Å². The fraction of sp³-hybridized carbons (Fsp3) is 0.500. The summed E-state index contributed by atoms with van der Waals surface area (Å²) in [4.78, 5) is 23.1. The van der Waals surface area contributed by atoms with E-state index in [2.05, 4.69) is 5.32 Å². The molecule has 1 aliphatic rings. The number of nitrogens with zero attached hydrogens (tertiary/aromatic N) is 1. The van der Waals surface area contributed by atoms with E-state index in [1.54, 1.807) is 0 Å². The number of carbonyl (C=O) groups excluding carboxylic acids is 2. The van der Waals surface area contributed by atoms with Gasteiger partial charge in [-0.25, -0.2) is 8.42 Å². The van der Waals surface area contributed by atoms with Crippen LogP contribution >= 0.6 is 0 Å². The van der Waals surface area contributed by atoms with Crippen molar-refractivity contribution in [1.29, 1.82) is 0 Å². The molecule has 138 valence electrons. The first kappa shape index (κ1) is 19.4. The van der Waals surface area contributed by atoms with Gasteiger partial charge in [0.05, 0.1) is 18.1 Å². The quantitative estimate of drug-likeness (QED) is 0.718. The predicted molar refractivity (Wildman–Crippen MR) is 90.5 cm³/mol. The molecule has 1 aliphatic heterocycles. The topological polar surface area (TPSA) is 102 Å². The van der Waals surface area contributed by atoms with Gasteiger partial charge in [-0.1, -0.05) is 6.92 Å². The molecule has 1 heterocycles. The van der Waals surface area contributed by atoms with Crippen molar-refractivity contribution in [2.45, 2.75) is 24.7 Å². The number of morpholine rings is 1. The maximum Gasteiger partial charge on any atom is 0.306 e. The monoisotopic (exact) mass is 370 g/mol. The highest BCUT2D eigenvalue weighted by molar-refractivity contribution is 7.89. The zero-order valence-electron chi connectivity index (χ0n) is 14.1. The van der Waals surface area contributed by atoms with Gasteiger partial charge in [0.25, 0.3) is 5.91 Å². The van der Waals surface area contributed by atoms with E-state index in [1.165, 1.54) is 28.6 Å². The maximum absolute atomic E-state index is 12.5. The van der Waals surface area contributed by atoms with E-state index >= 15 is 0 Å². The Morgan fingerprint density at radius 2 is 1.84 bits per heavy atom. The van der Waals surface area contributed by atoms with Gasteiger partial charge in [-0.2, -0.15) is 4.31 Å². The molecule has 1 fully saturated rings. The van der Waals surface area contributed by atoms with Crippen molar-refractivity contribution in [3.8, 4) is 0 Å². The Labute approximate surface area is 147 Å². The molecule has 1 aromatic rings. The highest BCUT2D eigenvalue weighted by atomic mass is 32.2. The van der Waals surface area contributed by atoms with Crippen LogP contribution < -0.4 is 5.32 Å². The van der Waals surface area contributed by atoms with E-state index in [-0.39, 0.29) is 17.9 Å². The first-order chi connectivity index (χ1) is 11.9. The second-order valence-electron chi connectivity index (χ2n) is 5.50. The summed E-state index contributed by atoms with van der Waals surface area (Å²) in [5.41, 5.74) is 0.428. The van der Waals surface area contributed by atoms with Crippen LogP contribution in [0.2, 0.25) is 0 Å². The van der Waals surface area contributed by atoms with Crippen molar-refractivity contribution in [2.75, 3.05) is 38.2 Å². The van der Waals surface area contributed by atoms with Gasteiger partial charge >= 0.3 is 5.97 Å². The summed E-state index contributed by atoms with van der Waals surface area (Å²) < 4.78 is 36.3. The minimum atomic E-state index is -3.56. The van der Waals surface area contributed by atoms with E-state index in [9.17, 15) is 18.0 Å². The van der Waals surface area contributed by atoms with Gasteiger partial charge in [0.1, 0.15) is 0 Å². The number of hydrogen-bond donors (Lipinski definition) is 1. The number of ether oxygens (including phenoxy) is 2. The number of esters is 1. The van der Waals surface area contributed by atoms with Crippen molar-refractivity contribution in [3.05, 3.63) is 24.3 Å². The van der Waals surface area contributed by atoms with Crippen molar-refractivity contribution < 1.29 is 27.5 Å². The molecule has 0 unspecified atom stereocenters. The molecular weight excluding hydrogens is 348 g/mol. The average Bonchev–Trinajstić information content (AvgIpc) is 2.61. The molecule has 1 N–H and O–H groups in total. The van der Waals surface area contributed by atoms with Crippen LogP contribution in [-0.2, 0) is 29.1 Å². The second kappa shape index (κ2) is 8.93. The van der Waals surface area contributed by atoms with Gasteiger partial charge in [-0.3, -0.25) is 9.59 Å². The van der Waals surface area contributed by atoms with E-state index in [4.69, 9.17) is 9.47 Å². The van der Waals surface area contributed by atoms with Crippen molar-refractivity contribution in [3.63, 3.8) is 0 Å². The van der Waals surface area contributed by atoms with Crippen LogP contribution in [0.3, 0.4) is 0 Å². The van der Waals surface area contributed by atoms with Crippen LogP contribution in [0.15, 0.2) is 29.2 Å². The first-order valence-corrected chi connectivity index (χ1v) is 9.51. The Morgan fingerprint density at radius 3 is 2.44 bits per heavy atom. The Hall–Kier alpha value is -1.97. The normalized spacial score (nSPS) is 15.6. The lowest BCUT2D eigenvalue weighted by Gasteiger charge is -2.26. The summed E-state index contributed by atoms with van der Waals surface area (Å²) in [5, 5.41) is 2.55. The van der Waals surface area contributed by atoms with Gasteiger partial charge in [0, 0.05) is 25.2 Å². The number of hydrogen-bond acceptors (Lipinski definition) is 6. The number of nitrogens with one attached hydrogen (secondary N) is 1. The van der Waals surface area contributed by atoms with Crippen molar-refractivity contribution in [1.82, 2.24) is 4.31 Å². The molecule has 0 aromatic heterocycles. The molecule has 0 atom stereocenters. The zero-order valence-corrected chi connectivity index (χ0v) is 14.9. The van der Waals surface area contributed by atoms with Gasteiger partial charge in [0.2, 0.25) is 10.0 Å². The van der Waals surface area contributed by atoms with E-state index in [0.29, 0.717) is 38.4 Å². The molecule has 0 saturated carbocycles. The fourth-order valence-electron chi connectivity index (χ4n) is 2.27. The molecular formula is C16H22N2O6S. The van der Waals surface area contributed by atoms with Crippen LogP contribution in [0.4, 0.5) is 5.69 Å². The minimum Gasteiger partial charge on any atom is -0.456 e. The Kier molecular flexibility index (Phi) is 6.91. The molecule has 1 aromatic carbocycles. The lowest BCUT2D eigenvalue weighted by atomic mass is 10.3. The second-order valence-corrected chi connectivity index (χ2v) is 7.44. The van der Waals surface area contributed by atoms with E-state index in [0.717, 1.165) is 0 Å². The minimum absolute atomic E-state index is 0.154. The van der Waals surface area contributed by atoms with Gasteiger partial charge in [-0.15, -0.1) is 0 Å². The Balaban J connectivity index is 1.93. The average molecular weight is 370 g/mol. The molecule has 0 radical (unpaired) electrons. The summed E-state index contributed by atoms with van der Waals surface area (Å²) in [6.07, 6.45) is 0.918. The molecule has 0 spiro atoms. The van der Waals surface area contributed by atoms with Gasteiger partial charge < -0.3 is 14.8 Å². The zero-order chi connectivity index (χ0) is 18.3. The fourth-order valence-corrected chi connectivity index (χ4v) is 3.67. The number of carbonyl (C=O) groups is 2. The molecule has 1 saturated heterocycles. The third kappa shape index (κ3) is 5.52. The van der Waals surface area contributed by atoms with E-state index in [1.807, 2.05) is 6.92 Å². The molecule has 9 heteroatoms. The third-order valence-electron chi connectivity index (χ3n) is 3.56. The molecule has 25 heavy (non-hydrogen) atoms. The molecule has 8 nitrogen and oxygen atoms in total. The van der Waals surface area contributed by atoms with Crippen LogP contribution in [-0.4, -0.2) is 57.5 Å². The number of sulfonamides is 1. The smallest absolute Gasteiger partial charge is 0.306 e. The predicted octanol–water partition coefficient (Wildman–Crippen LogP) is 0.989. The lowest BCUT2D eigenvalue weighted by Crippen LogP contribution is -2.40. The number of rotatable bonds is 7. The van der Waals surface area contributed by atoms with Gasteiger partial charge in [-0.05, 0) is 30.7 Å².